The van der Waals surface area contributed by atoms with Gasteiger partial charge in [0.1, 0.15) is 0 Å². The Morgan fingerprint density at radius 2 is 1.69 bits per heavy atom. The van der Waals surface area contributed by atoms with E-state index in [4.69, 9.17) is 4.74 Å². The number of hydrogen-bond acceptors (Lipinski definition) is 2. The van der Waals surface area contributed by atoms with Gasteiger partial charge in [-0.15, -0.1) is 0 Å². The van der Waals surface area contributed by atoms with Gasteiger partial charge in [-0.05, 0) is 49.4 Å². The predicted molar refractivity (Wildman–Crippen MR) is 65.2 cm³/mol. The minimum atomic E-state index is -0.234. The molecular weight excluding hydrogens is 200 g/mol. The van der Waals surface area contributed by atoms with E-state index in [1.165, 1.54) is 19.3 Å². The smallest absolute Gasteiger partial charge is 0.0862 e. The summed E-state index contributed by atoms with van der Waals surface area (Å²) in [6.07, 6.45) is 4.66. The first-order valence-electron chi connectivity index (χ1n) is 6.87. The number of ether oxygens (including phenoxy) is 1. The standard InChI is InChI=1S/C14H26O2/c1-9-6-10(2)8-12(7-9)13(15)14-11(3)4-5-16-14/h9-15H,4-8H2,1-3H3. The molecule has 0 amide bonds. The Balaban J connectivity index is 1.95. The average molecular weight is 226 g/mol. The van der Waals surface area contributed by atoms with Gasteiger partial charge in [0, 0.05) is 6.61 Å². The summed E-state index contributed by atoms with van der Waals surface area (Å²) in [7, 11) is 0. The van der Waals surface area contributed by atoms with Gasteiger partial charge in [0.25, 0.3) is 0 Å². The molecule has 0 aromatic heterocycles. The maximum absolute atomic E-state index is 10.5. The number of aliphatic hydroxyl groups is 1. The first-order chi connectivity index (χ1) is 7.58. The van der Waals surface area contributed by atoms with Crippen LogP contribution >= 0.6 is 0 Å². The molecule has 0 radical (unpaired) electrons. The zero-order chi connectivity index (χ0) is 11.7. The highest BCUT2D eigenvalue weighted by molar-refractivity contribution is 4.87. The van der Waals surface area contributed by atoms with Crippen LogP contribution in [0.4, 0.5) is 0 Å². The van der Waals surface area contributed by atoms with Crippen molar-refractivity contribution in [2.75, 3.05) is 6.61 Å². The monoisotopic (exact) mass is 226 g/mol. The van der Waals surface area contributed by atoms with E-state index in [-0.39, 0.29) is 12.2 Å². The van der Waals surface area contributed by atoms with Gasteiger partial charge in [0.05, 0.1) is 12.2 Å². The molecule has 1 heterocycles. The molecule has 0 aromatic carbocycles. The molecule has 1 saturated carbocycles. The molecule has 5 unspecified atom stereocenters. The Labute approximate surface area is 99.4 Å². The van der Waals surface area contributed by atoms with Gasteiger partial charge in [-0.1, -0.05) is 20.8 Å². The first kappa shape index (κ1) is 12.4. The van der Waals surface area contributed by atoms with Crippen LogP contribution in [0.15, 0.2) is 0 Å². The lowest BCUT2D eigenvalue weighted by atomic mass is 9.72. The lowest BCUT2D eigenvalue weighted by molar-refractivity contribution is -0.0616. The van der Waals surface area contributed by atoms with Gasteiger partial charge >= 0.3 is 0 Å². The van der Waals surface area contributed by atoms with Crippen molar-refractivity contribution in [3.63, 3.8) is 0 Å². The minimum Gasteiger partial charge on any atom is -0.390 e. The zero-order valence-electron chi connectivity index (χ0n) is 10.9. The Kier molecular flexibility index (Phi) is 3.91. The van der Waals surface area contributed by atoms with Gasteiger partial charge in [-0.2, -0.15) is 0 Å². The molecule has 2 heteroatoms. The van der Waals surface area contributed by atoms with E-state index in [1.807, 2.05) is 0 Å². The Morgan fingerprint density at radius 3 is 2.19 bits per heavy atom. The fraction of sp³-hybridized carbons (Fsp3) is 1.00. The highest BCUT2D eigenvalue weighted by Crippen LogP contribution is 2.38. The summed E-state index contributed by atoms with van der Waals surface area (Å²) in [5, 5.41) is 10.5. The highest BCUT2D eigenvalue weighted by atomic mass is 16.5. The van der Waals surface area contributed by atoms with Crippen LogP contribution in [-0.4, -0.2) is 23.9 Å². The van der Waals surface area contributed by atoms with Gasteiger partial charge in [-0.25, -0.2) is 0 Å². The van der Waals surface area contributed by atoms with E-state index in [2.05, 4.69) is 20.8 Å². The van der Waals surface area contributed by atoms with Crippen LogP contribution in [-0.2, 0) is 4.74 Å². The van der Waals surface area contributed by atoms with Crippen LogP contribution in [0, 0.1) is 23.7 Å². The van der Waals surface area contributed by atoms with Gasteiger partial charge in [0.2, 0.25) is 0 Å². The molecule has 94 valence electrons. The molecule has 0 spiro atoms. The molecule has 1 saturated heterocycles. The molecule has 2 nitrogen and oxygen atoms in total. The van der Waals surface area contributed by atoms with E-state index < -0.39 is 0 Å². The molecule has 2 aliphatic rings. The van der Waals surface area contributed by atoms with Crippen molar-refractivity contribution >= 4 is 0 Å². The zero-order valence-corrected chi connectivity index (χ0v) is 10.9. The quantitative estimate of drug-likeness (QED) is 0.784. The number of aliphatic hydroxyl groups excluding tert-OH is 1. The first-order valence-corrected chi connectivity index (χ1v) is 6.87. The van der Waals surface area contributed by atoms with Crippen molar-refractivity contribution in [1.29, 1.82) is 0 Å². The van der Waals surface area contributed by atoms with E-state index >= 15 is 0 Å². The predicted octanol–water partition coefficient (Wildman–Crippen LogP) is 2.84. The molecular formula is C14H26O2. The molecule has 0 aromatic rings. The Morgan fingerprint density at radius 1 is 1.06 bits per heavy atom. The summed E-state index contributed by atoms with van der Waals surface area (Å²) in [5.41, 5.74) is 0. The molecule has 0 bridgehead atoms. The van der Waals surface area contributed by atoms with E-state index in [9.17, 15) is 5.11 Å². The fourth-order valence-corrected chi connectivity index (χ4v) is 3.71. The molecule has 16 heavy (non-hydrogen) atoms. The summed E-state index contributed by atoms with van der Waals surface area (Å²) in [5.74, 6) is 2.52. The van der Waals surface area contributed by atoms with Crippen LogP contribution < -0.4 is 0 Å². The van der Waals surface area contributed by atoms with Crippen molar-refractivity contribution in [3.05, 3.63) is 0 Å². The van der Waals surface area contributed by atoms with Crippen molar-refractivity contribution in [3.8, 4) is 0 Å². The topological polar surface area (TPSA) is 29.5 Å². The van der Waals surface area contributed by atoms with E-state index in [1.54, 1.807) is 0 Å². The second-order valence-corrected chi connectivity index (χ2v) is 6.27. The van der Waals surface area contributed by atoms with Crippen LogP contribution in [0.1, 0.15) is 46.5 Å². The lowest BCUT2D eigenvalue weighted by Crippen LogP contribution is -2.39. The fourth-order valence-electron chi connectivity index (χ4n) is 3.71. The van der Waals surface area contributed by atoms with Crippen LogP contribution in [0.25, 0.3) is 0 Å². The largest absolute Gasteiger partial charge is 0.390 e. The summed E-state index contributed by atoms with van der Waals surface area (Å²) in [4.78, 5) is 0. The number of hydrogen-bond donors (Lipinski definition) is 1. The summed E-state index contributed by atoms with van der Waals surface area (Å²) < 4.78 is 5.70. The molecule has 1 aliphatic carbocycles. The SMILES string of the molecule is CC1CC(C)CC(C(O)C2OCCC2C)C1. The lowest BCUT2D eigenvalue weighted by Gasteiger charge is -2.37. The summed E-state index contributed by atoms with van der Waals surface area (Å²) in [6, 6.07) is 0. The van der Waals surface area contributed by atoms with Gasteiger partial charge in [0.15, 0.2) is 0 Å². The Bertz CT molecular complexity index is 219. The minimum absolute atomic E-state index is 0.0995. The van der Waals surface area contributed by atoms with Crippen molar-refractivity contribution < 1.29 is 9.84 Å². The second-order valence-electron chi connectivity index (χ2n) is 6.27. The maximum atomic E-state index is 10.5. The number of rotatable bonds is 2. The van der Waals surface area contributed by atoms with Crippen LogP contribution in [0.2, 0.25) is 0 Å². The van der Waals surface area contributed by atoms with Crippen LogP contribution in [0.5, 0.6) is 0 Å². The van der Waals surface area contributed by atoms with E-state index in [0.717, 1.165) is 24.9 Å². The van der Waals surface area contributed by atoms with Gasteiger partial charge in [-0.3, -0.25) is 0 Å². The third-order valence-corrected chi connectivity index (χ3v) is 4.48. The average Bonchev–Trinajstić information content (AvgIpc) is 2.62. The molecule has 2 rings (SSSR count). The Hall–Kier alpha value is -0.0800. The highest BCUT2D eigenvalue weighted by Gasteiger charge is 2.38. The maximum Gasteiger partial charge on any atom is 0.0862 e. The third-order valence-electron chi connectivity index (χ3n) is 4.48. The van der Waals surface area contributed by atoms with Crippen LogP contribution in [0.3, 0.4) is 0 Å². The van der Waals surface area contributed by atoms with E-state index in [0.29, 0.717) is 11.8 Å². The molecule has 1 N–H and O–H groups in total. The van der Waals surface area contributed by atoms with Crippen molar-refractivity contribution in [2.45, 2.75) is 58.7 Å². The third kappa shape index (κ3) is 2.60. The summed E-state index contributed by atoms with van der Waals surface area (Å²) in [6.45, 7) is 7.67. The second kappa shape index (κ2) is 5.05. The van der Waals surface area contributed by atoms with Crippen molar-refractivity contribution in [2.24, 2.45) is 23.7 Å². The molecule has 5 atom stereocenters. The van der Waals surface area contributed by atoms with Gasteiger partial charge < -0.3 is 9.84 Å². The molecule has 2 fully saturated rings. The van der Waals surface area contributed by atoms with Crippen molar-refractivity contribution in [1.82, 2.24) is 0 Å². The normalized spacial score (nSPS) is 46.9. The molecule has 1 aliphatic heterocycles. The summed E-state index contributed by atoms with van der Waals surface area (Å²) >= 11 is 0.